The van der Waals surface area contributed by atoms with E-state index in [9.17, 15) is 0 Å². The van der Waals surface area contributed by atoms with Crippen LogP contribution >= 0.6 is 0 Å². The lowest BCUT2D eigenvalue weighted by Gasteiger charge is -2.33. The van der Waals surface area contributed by atoms with Crippen LogP contribution in [0.5, 0.6) is 0 Å². The Morgan fingerprint density at radius 2 is 1.04 bits per heavy atom. The van der Waals surface area contributed by atoms with Crippen molar-refractivity contribution in [3.8, 4) is 33.4 Å². The van der Waals surface area contributed by atoms with Crippen LogP contribution in [0.3, 0.4) is 0 Å². The minimum absolute atomic E-state index is 0.151. The Morgan fingerprint density at radius 1 is 0.429 bits per heavy atom. The van der Waals surface area contributed by atoms with Gasteiger partial charge in [-0.3, -0.25) is 0 Å². The summed E-state index contributed by atoms with van der Waals surface area (Å²) in [6.45, 7) is 9.25. The second-order valence-corrected chi connectivity index (χ2v) is 16.6. The van der Waals surface area contributed by atoms with E-state index in [0.29, 0.717) is 0 Å². The first-order chi connectivity index (χ1) is 27.4. The molecule has 0 radical (unpaired) electrons. The molecule has 0 aliphatic heterocycles. The number of anilines is 3. The molecule has 0 N–H and O–H groups in total. The Morgan fingerprint density at radius 3 is 1.80 bits per heavy atom. The molecule has 1 aromatic heterocycles. The van der Waals surface area contributed by atoms with Crippen molar-refractivity contribution in [1.82, 2.24) is 0 Å². The van der Waals surface area contributed by atoms with Crippen molar-refractivity contribution in [2.75, 3.05) is 4.90 Å². The molecule has 0 amide bonds. The lowest BCUT2D eigenvalue weighted by atomic mass is 9.70. The molecule has 3 aliphatic rings. The monoisotopic (exact) mass is 717 g/mol. The summed E-state index contributed by atoms with van der Waals surface area (Å²) in [5.74, 6) is 0. The fourth-order valence-corrected chi connectivity index (χ4v) is 10.9. The van der Waals surface area contributed by atoms with E-state index in [1.807, 2.05) is 0 Å². The molecule has 2 nitrogen and oxygen atoms in total. The average Bonchev–Trinajstić information content (AvgIpc) is 3.90. The van der Waals surface area contributed by atoms with Crippen LogP contribution in [-0.2, 0) is 10.8 Å². The molecule has 8 aromatic carbocycles. The predicted molar refractivity (Wildman–Crippen MR) is 232 cm³/mol. The number of aryl methyl sites for hydroxylation is 2. The summed E-state index contributed by atoms with van der Waals surface area (Å²) in [6, 6.07) is 61.3. The lowest BCUT2D eigenvalue weighted by Crippen LogP contribution is -2.26. The molecule has 3 aliphatic carbocycles. The third kappa shape index (κ3) is 3.91. The molecule has 2 heteroatoms. The summed E-state index contributed by atoms with van der Waals surface area (Å²) < 4.78 is 6.58. The van der Waals surface area contributed by atoms with E-state index in [2.05, 4.69) is 196 Å². The number of hydrogen-bond acceptors (Lipinski definition) is 2. The van der Waals surface area contributed by atoms with E-state index in [1.165, 1.54) is 83.6 Å². The third-order valence-corrected chi connectivity index (χ3v) is 13.2. The third-order valence-electron chi connectivity index (χ3n) is 13.2. The fourth-order valence-electron chi connectivity index (χ4n) is 10.9. The van der Waals surface area contributed by atoms with Gasteiger partial charge >= 0.3 is 0 Å². The maximum absolute atomic E-state index is 6.58. The van der Waals surface area contributed by atoms with Crippen molar-refractivity contribution >= 4 is 39.0 Å². The van der Waals surface area contributed by atoms with Crippen LogP contribution in [-0.4, -0.2) is 0 Å². The Balaban J connectivity index is 1.22. The highest BCUT2D eigenvalue weighted by atomic mass is 16.3. The fraction of sp³-hybridized carbons (Fsp3) is 0.111. The van der Waals surface area contributed by atoms with Gasteiger partial charge in [0.25, 0.3) is 0 Å². The molecule has 266 valence electrons. The van der Waals surface area contributed by atoms with Crippen LogP contribution in [0.25, 0.3) is 55.3 Å². The van der Waals surface area contributed by atoms with Gasteiger partial charge in [0.05, 0.1) is 22.2 Å². The number of furan rings is 1. The van der Waals surface area contributed by atoms with Gasteiger partial charge in [0.1, 0.15) is 11.2 Å². The summed E-state index contributed by atoms with van der Waals surface area (Å²) >= 11 is 0. The smallest absolute Gasteiger partial charge is 0.137 e. The van der Waals surface area contributed by atoms with E-state index < -0.39 is 5.41 Å². The van der Waals surface area contributed by atoms with Crippen LogP contribution in [0.15, 0.2) is 168 Å². The predicted octanol–water partition coefficient (Wildman–Crippen LogP) is 14.3. The van der Waals surface area contributed by atoms with Gasteiger partial charge in [-0.2, -0.15) is 0 Å². The first kappa shape index (κ1) is 31.7. The van der Waals surface area contributed by atoms with Gasteiger partial charge in [0.2, 0.25) is 0 Å². The van der Waals surface area contributed by atoms with Gasteiger partial charge in [0, 0.05) is 22.1 Å². The minimum Gasteiger partial charge on any atom is -0.456 e. The molecule has 9 aromatic rings. The molecule has 0 bridgehead atoms. The molecular weight excluding hydrogens is 679 g/mol. The van der Waals surface area contributed by atoms with Crippen LogP contribution in [0.4, 0.5) is 17.1 Å². The molecule has 0 unspecified atom stereocenters. The number of benzene rings is 8. The maximum Gasteiger partial charge on any atom is 0.137 e. The highest BCUT2D eigenvalue weighted by Gasteiger charge is 2.52. The summed E-state index contributed by atoms with van der Waals surface area (Å²) in [6.07, 6.45) is 0. The topological polar surface area (TPSA) is 16.4 Å². The zero-order valence-corrected chi connectivity index (χ0v) is 31.9. The number of hydrogen-bond donors (Lipinski definition) is 0. The molecule has 0 saturated carbocycles. The molecule has 12 rings (SSSR count). The highest BCUT2D eigenvalue weighted by molar-refractivity contribution is 6.14. The Kier molecular flexibility index (Phi) is 6.22. The Bertz CT molecular complexity index is 3110. The van der Waals surface area contributed by atoms with Gasteiger partial charge in [-0.05, 0) is 117 Å². The molecule has 56 heavy (non-hydrogen) atoms. The second-order valence-electron chi connectivity index (χ2n) is 16.6. The van der Waals surface area contributed by atoms with E-state index in [-0.39, 0.29) is 5.41 Å². The molecule has 1 spiro atoms. The maximum atomic E-state index is 6.58. The average molecular weight is 718 g/mol. The van der Waals surface area contributed by atoms with E-state index in [0.717, 1.165) is 33.3 Å². The highest BCUT2D eigenvalue weighted by Crippen LogP contribution is 2.65. The summed E-state index contributed by atoms with van der Waals surface area (Å²) in [4.78, 5) is 2.55. The number of para-hydroxylation sites is 1. The van der Waals surface area contributed by atoms with Gasteiger partial charge in [-0.25, -0.2) is 0 Å². The second kappa shape index (κ2) is 11.0. The largest absolute Gasteiger partial charge is 0.456 e. The Labute approximate surface area is 327 Å². The van der Waals surface area contributed by atoms with Crippen molar-refractivity contribution in [2.24, 2.45) is 0 Å². The zero-order chi connectivity index (χ0) is 37.5. The van der Waals surface area contributed by atoms with Gasteiger partial charge < -0.3 is 9.32 Å². The first-order valence-corrected chi connectivity index (χ1v) is 19.8. The van der Waals surface area contributed by atoms with Crippen LogP contribution in [0, 0.1) is 13.8 Å². The van der Waals surface area contributed by atoms with E-state index in [4.69, 9.17) is 4.42 Å². The van der Waals surface area contributed by atoms with Crippen molar-refractivity contribution in [1.29, 1.82) is 0 Å². The van der Waals surface area contributed by atoms with Crippen molar-refractivity contribution in [2.45, 2.75) is 38.5 Å². The van der Waals surface area contributed by atoms with Crippen LogP contribution in [0.2, 0.25) is 0 Å². The van der Waals surface area contributed by atoms with Crippen LogP contribution < -0.4 is 4.90 Å². The van der Waals surface area contributed by atoms with Crippen molar-refractivity contribution in [3.05, 3.63) is 208 Å². The number of rotatable bonds is 3. The number of fused-ring (bicyclic) bond motifs is 16. The number of nitrogens with zero attached hydrogens (tertiary/aromatic N) is 1. The zero-order valence-electron chi connectivity index (χ0n) is 31.9. The van der Waals surface area contributed by atoms with E-state index >= 15 is 0 Å². The quantitative estimate of drug-likeness (QED) is 0.181. The van der Waals surface area contributed by atoms with Crippen molar-refractivity contribution in [3.63, 3.8) is 0 Å². The normalized spacial score (nSPS) is 14.7. The van der Waals surface area contributed by atoms with Gasteiger partial charge in [-0.15, -0.1) is 0 Å². The van der Waals surface area contributed by atoms with Crippen molar-refractivity contribution < 1.29 is 4.42 Å². The SMILES string of the molecule is Cc1ccc2c(c1)C1(c3ccccc3-c3ccccc31)c1cc(C)cc(N(c3ccc4c(c3)C(C)(C)c3ccccc3-4)c3cccc4oc5ccccc5c34)c1-2. The van der Waals surface area contributed by atoms with Gasteiger partial charge in [-0.1, -0.05) is 147 Å². The standard InChI is InChI=1S/C54H39NO/c1-32-24-26-39-45(28-32)54(42-19-10-6-15-36(42)37-16-7-11-20-43(37)54)46-29-33(2)30-48(51(39)46)55(47-21-13-23-50-52(47)40-17-8-12-22-49(40)56-50)34-25-27-38-35-14-5-9-18-41(35)53(3,4)44(38)31-34/h5-31H,1-4H3. The van der Waals surface area contributed by atoms with E-state index in [1.54, 1.807) is 0 Å². The summed E-state index contributed by atoms with van der Waals surface area (Å²) in [5.41, 5.74) is 23.1. The van der Waals surface area contributed by atoms with Crippen LogP contribution in [0.1, 0.15) is 58.4 Å². The molecule has 0 atom stereocenters. The first-order valence-electron chi connectivity index (χ1n) is 19.8. The van der Waals surface area contributed by atoms with Gasteiger partial charge in [0.15, 0.2) is 0 Å². The molecule has 0 fully saturated rings. The summed E-state index contributed by atoms with van der Waals surface area (Å²) in [7, 11) is 0. The summed E-state index contributed by atoms with van der Waals surface area (Å²) in [5, 5.41) is 2.24. The molecule has 0 saturated heterocycles. The minimum atomic E-state index is -0.452. The lowest BCUT2D eigenvalue weighted by molar-refractivity contribution is 0.660. The molecular formula is C54H39NO. The Hall–Kier alpha value is -6.64. The molecule has 1 heterocycles.